The minimum absolute atomic E-state index is 0.171. The molecule has 14 heavy (non-hydrogen) atoms. The molecule has 1 rings (SSSR count). The van der Waals surface area contributed by atoms with Gasteiger partial charge in [0.15, 0.2) is 0 Å². The maximum absolute atomic E-state index is 5.74. The molecule has 2 atom stereocenters. The van der Waals surface area contributed by atoms with Crippen molar-refractivity contribution in [1.82, 2.24) is 0 Å². The highest BCUT2D eigenvalue weighted by molar-refractivity contribution is 4.88. The van der Waals surface area contributed by atoms with Crippen LogP contribution in [0.5, 0.6) is 0 Å². The molecule has 1 aliphatic heterocycles. The molecule has 0 radical (unpaired) electrons. The number of ether oxygens (including phenoxy) is 2. The van der Waals surface area contributed by atoms with E-state index in [1.807, 2.05) is 6.08 Å². The Hall–Kier alpha value is -0.760. The molecule has 80 valence electrons. The van der Waals surface area contributed by atoms with Gasteiger partial charge in [-0.3, -0.25) is 0 Å². The van der Waals surface area contributed by atoms with E-state index >= 15 is 0 Å². The molecular formula is C12H20O2. The average molecular weight is 196 g/mol. The summed E-state index contributed by atoms with van der Waals surface area (Å²) in [5, 5.41) is 0. The third kappa shape index (κ3) is 3.18. The Labute approximate surface area is 86.6 Å². The van der Waals surface area contributed by atoms with Crippen LogP contribution in [0.1, 0.15) is 32.6 Å². The van der Waals surface area contributed by atoms with Crippen molar-refractivity contribution in [3.8, 4) is 0 Å². The Kier molecular flexibility index (Phi) is 4.74. The van der Waals surface area contributed by atoms with Gasteiger partial charge in [-0.25, -0.2) is 0 Å². The normalized spacial score (nSPS) is 26.9. The summed E-state index contributed by atoms with van der Waals surface area (Å²) in [5.41, 5.74) is 0. The Balaban J connectivity index is 2.44. The lowest BCUT2D eigenvalue weighted by molar-refractivity contribution is -0.0844. The molecule has 1 aliphatic rings. The van der Waals surface area contributed by atoms with Crippen LogP contribution < -0.4 is 0 Å². The third-order valence-electron chi connectivity index (χ3n) is 2.49. The van der Waals surface area contributed by atoms with Crippen molar-refractivity contribution in [2.75, 3.05) is 6.61 Å². The van der Waals surface area contributed by atoms with Crippen LogP contribution in [-0.2, 0) is 9.47 Å². The van der Waals surface area contributed by atoms with Crippen molar-refractivity contribution in [2.24, 2.45) is 0 Å². The van der Waals surface area contributed by atoms with Crippen LogP contribution in [0.15, 0.2) is 25.0 Å². The van der Waals surface area contributed by atoms with Gasteiger partial charge in [0.05, 0.1) is 11.9 Å². The molecule has 0 unspecified atom stereocenters. The van der Waals surface area contributed by atoms with E-state index in [2.05, 4.69) is 20.1 Å². The first kappa shape index (κ1) is 11.3. The molecule has 0 aromatic carbocycles. The van der Waals surface area contributed by atoms with E-state index in [1.165, 1.54) is 0 Å². The van der Waals surface area contributed by atoms with Gasteiger partial charge in [0.25, 0.3) is 0 Å². The molecule has 0 aromatic rings. The fourth-order valence-corrected chi connectivity index (χ4v) is 1.63. The van der Waals surface area contributed by atoms with E-state index < -0.39 is 0 Å². The largest absolute Gasteiger partial charge is 0.493 e. The minimum atomic E-state index is 0.171. The van der Waals surface area contributed by atoms with Gasteiger partial charge >= 0.3 is 0 Å². The molecule has 1 saturated heterocycles. The molecule has 0 aliphatic carbocycles. The molecule has 1 heterocycles. The molecule has 2 heteroatoms. The summed E-state index contributed by atoms with van der Waals surface area (Å²) in [6.07, 6.45) is 6.12. The highest BCUT2D eigenvalue weighted by Crippen LogP contribution is 2.22. The average Bonchev–Trinajstić information content (AvgIpc) is 2.21. The third-order valence-corrected chi connectivity index (χ3v) is 2.49. The molecule has 0 amide bonds. The number of hydrogen-bond acceptors (Lipinski definition) is 2. The zero-order valence-electron chi connectivity index (χ0n) is 9.00. The van der Waals surface area contributed by atoms with Crippen molar-refractivity contribution in [3.63, 3.8) is 0 Å². The lowest BCUT2D eigenvalue weighted by atomic mass is 10.0. The maximum Gasteiger partial charge on any atom is 0.125 e. The molecule has 1 fully saturated rings. The molecule has 0 spiro atoms. The van der Waals surface area contributed by atoms with E-state index in [0.29, 0.717) is 0 Å². The zero-order chi connectivity index (χ0) is 10.4. The molecule has 2 nitrogen and oxygen atoms in total. The second-order valence-electron chi connectivity index (χ2n) is 3.62. The van der Waals surface area contributed by atoms with E-state index in [4.69, 9.17) is 9.47 Å². The van der Waals surface area contributed by atoms with Crippen LogP contribution in [-0.4, -0.2) is 18.8 Å². The predicted octanol–water partition coefficient (Wildman–Crippen LogP) is 3.05. The second-order valence-corrected chi connectivity index (χ2v) is 3.62. The van der Waals surface area contributed by atoms with Crippen LogP contribution in [0, 0.1) is 0 Å². The monoisotopic (exact) mass is 196 g/mol. The summed E-state index contributed by atoms with van der Waals surface area (Å²) >= 11 is 0. The predicted molar refractivity (Wildman–Crippen MR) is 58.1 cm³/mol. The van der Waals surface area contributed by atoms with E-state index in [0.717, 1.165) is 38.0 Å². The Morgan fingerprint density at radius 3 is 3.07 bits per heavy atom. The Morgan fingerprint density at radius 2 is 2.43 bits per heavy atom. The van der Waals surface area contributed by atoms with Gasteiger partial charge in [-0.1, -0.05) is 19.6 Å². The van der Waals surface area contributed by atoms with Crippen molar-refractivity contribution in [3.05, 3.63) is 25.0 Å². The SMILES string of the molecule is C=CC[C@@H]1OCCC[C@H]1OC(=C)CC. The van der Waals surface area contributed by atoms with Crippen molar-refractivity contribution >= 4 is 0 Å². The van der Waals surface area contributed by atoms with Gasteiger partial charge in [-0.2, -0.15) is 0 Å². The summed E-state index contributed by atoms with van der Waals surface area (Å²) in [6.45, 7) is 10.5. The lowest BCUT2D eigenvalue weighted by Crippen LogP contribution is -2.35. The Morgan fingerprint density at radius 1 is 1.64 bits per heavy atom. The first-order valence-corrected chi connectivity index (χ1v) is 5.34. The number of rotatable bonds is 5. The highest BCUT2D eigenvalue weighted by Gasteiger charge is 2.26. The van der Waals surface area contributed by atoms with Crippen LogP contribution in [0.4, 0.5) is 0 Å². The number of hydrogen-bond donors (Lipinski definition) is 0. The summed E-state index contributed by atoms with van der Waals surface area (Å²) in [6, 6.07) is 0. The highest BCUT2D eigenvalue weighted by atomic mass is 16.5. The van der Waals surface area contributed by atoms with E-state index in [9.17, 15) is 0 Å². The molecule has 0 N–H and O–H groups in total. The van der Waals surface area contributed by atoms with Gasteiger partial charge in [-0.05, 0) is 19.3 Å². The first-order chi connectivity index (χ1) is 6.77. The smallest absolute Gasteiger partial charge is 0.125 e. The zero-order valence-corrected chi connectivity index (χ0v) is 9.00. The minimum Gasteiger partial charge on any atom is -0.493 e. The fraction of sp³-hybridized carbons (Fsp3) is 0.667. The Bertz CT molecular complexity index is 198. The summed E-state index contributed by atoms with van der Waals surface area (Å²) in [4.78, 5) is 0. The molecular weight excluding hydrogens is 176 g/mol. The summed E-state index contributed by atoms with van der Waals surface area (Å²) in [5.74, 6) is 0.856. The van der Waals surface area contributed by atoms with E-state index in [1.54, 1.807) is 0 Å². The molecule has 0 saturated carbocycles. The maximum atomic E-state index is 5.74. The number of allylic oxidation sites excluding steroid dienone is 1. The van der Waals surface area contributed by atoms with Gasteiger partial charge in [0.1, 0.15) is 6.10 Å². The van der Waals surface area contributed by atoms with Gasteiger partial charge < -0.3 is 9.47 Å². The topological polar surface area (TPSA) is 18.5 Å². The van der Waals surface area contributed by atoms with Crippen molar-refractivity contribution < 1.29 is 9.47 Å². The molecule has 0 bridgehead atoms. The first-order valence-electron chi connectivity index (χ1n) is 5.34. The van der Waals surface area contributed by atoms with Crippen molar-refractivity contribution in [1.29, 1.82) is 0 Å². The van der Waals surface area contributed by atoms with Gasteiger partial charge in [0, 0.05) is 13.0 Å². The van der Waals surface area contributed by atoms with Crippen LogP contribution >= 0.6 is 0 Å². The second kappa shape index (κ2) is 5.86. The fourth-order valence-electron chi connectivity index (χ4n) is 1.63. The van der Waals surface area contributed by atoms with Gasteiger partial charge in [0.2, 0.25) is 0 Å². The van der Waals surface area contributed by atoms with E-state index in [-0.39, 0.29) is 12.2 Å². The van der Waals surface area contributed by atoms with Gasteiger partial charge in [-0.15, -0.1) is 6.58 Å². The van der Waals surface area contributed by atoms with Crippen LogP contribution in [0.25, 0.3) is 0 Å². The van der Waals surface area contributed by atoms with Crippen LogP contribution in [0.3, 0.4) is 0 Å². The summed E-state index contributed by atoms with van der Waals surface area (Å²) < 4.78 is 11.4. The van der Waals surface area contributed by atoms with Crippen LogP contribution in [0.2, 0.25) is 0 Å². The standard InChI is InChI=1S/C12H20O2/c1-4-7-11-12(8-6-9-13-11)14-10(3)5-2/h4,11-12H,1,3,5-9H2,2H3/t11-,12+/m0/s1. The quantitative estimate of drug-likeness (QED) is 0.497. The van der Waals surface area contributed by atoms with Crippen molar-refractivity contribution in [2.45, 2.75) is 44.8 Å². The lowest BCUT2D eigenvalue weighted by Gasteiger charge is -2.31. The molecule has 0 aromatic heterocycles. The summed E-state index contributed by atoms with van der Waals surface area (Å²) in [7, 11) is 0.